The van der Waals surface area contributed by atoms with Crippen molar-refractivity contribution in [3.63, 3.8) is 0 Å². The number of aliphatic hydroxyl groups excluding tert-OH is 1. The fraction of sp³-hybridized carbons (Fsp3) is 0.483. The lowest BCUT2D eigenvalue weighted by Gasteiger charge is -2.22. The third-order valence-corrected chi connectivity index (χ3v) is 7.76. The van der Waals surface area contributed by atoms with E-state index in [1.807, 2.05) is 18.2 Å². The molecule has 1 amide bonds. The second-order valence-corrected chi connectivity index (χ2v) is 10.6. The highest BCUT2D eigenvalue weighted by Crippen LogP contribution is 2.42. The quantitative estimate of drug-likeness (QED) is 0.173. The summed E-state index contributed by atoms with van der Waals surface area (Å²) in [5.74, 6) is 1.12. The van der Waals surface area contributed by atoms with Gasteiger partial charge in [0.2, 0.25) is 6.41 Å². The van der Waals surface area contributed by atoms with E-state index in [4.69, 9.17) is 4.74 Å². The molecule has 1 aliphatic heterocycles. The molecule has 0 saturated heterocycles. The first-order valence-corrected chi connectivity index (χ1v) is 14.0. The number of nitrogens with zero attached hydrogens (tertiary/aromatic N) is 2. The number of carbonyl (C=O) groups is 1. The van der Waals surface area contributed by atoms with Crippen LogP contribution >= 0.6 is 0 Å². The maximum absolute atomic E-state index is 11.1. The van der Waals surface area contributed by atoms with Crippen LogP contribution in [0.2, 0.25) is 0 Å². The summed E-state index contributed by atoms with van der Waals surface area (Å²) in [6.45, 7) is 2.74. The Morgan fingerprint density at radius 1 is 1.18 bits per heavy atom. The van der Waals surface area contributed by atoms with Gasteiger partial charge in [0.15, 0.2) is 0 Å². The SMILES string of the molecule is CC(Cc1c[nH]c2c(CCC3N=NNN3)cccc12)NCC(O)COc1cccc(NC=O)c1C1CCCC1. The van der Waals surface area contributed by atoms with Gasteiger partial charge in [0.1, 0.15) is 24.6 Å². The molecule has 208 valence electrons. The normalized spacial score (nSPS) is 18.8. The van der Waals surface area contributed by atoms with Gasteiger partial charge in [0.25, 0.3) is 0 Å². The standard InChI is InChI=1S/C29H39N7O3/c1-19(14-22-15-31-29-21(8-4-9-24(22)29)12-13-27-33-35-36-34-27)30-16-23(38)17-39-26-11-5-10-25(32-18-37)28(26)20-6-2-3-7-20/h4-5,8-11,15,18-20,23,27,30-31,38H,2-3,6-7,12-14,16-17H2,1H3,(H,32,37)(H,33,36)(H,34,35). The van der Waals surface area contributed by atoms with Crippen molar-refractivity contribution in [1.29, 1.82) is 0 Å². The molecule has 1 aromatic heterocycles. The molecule has 3 unspecified atom stereocenters. The van der Waals surface area contributed by atoms with E-state index in [1.165, 1.54) is 34.9 Å². The third-order valence-electron chi connectivity index (χ3n) is 7.76. The van der Waals surface area contributed by atoms with Crippen molar-refractivity contribution < 1.29 is 14.6 Å². The minimum absolute atomic E-state index is 0.000527. The molecule has 2 aliphatic rings. The van der Waals surface area contributed by atoms with Crippen molar-refractivity contribution in [3.8, 4) is 5.75 Å². The van der Waals surface area contributed by atoms with Crippen molar-refractivity contribution in [3.05, 3.63) is 59.3 Å². The average molecular weight is 534 g/mol. The van der Waals surface area contributed by atoms with E-state index < -0.39 is 6.10 Å². The van der Waals surface area contributed by atoms with Crippen LogP contribution < -0.4 is 26.3 Å². The molecule has 0 bridgehead atoms. The van der Waals surface area contributed by atoms with Gasteiger partial charge in [0.05, 0.1) is 0 Å². The number of ether oxygens (including phenoxy) is 1. The number of aliphatic hydroxyl groups is 1. The highest BCUT2D eigenvalue weighted by molar-refractivity contribution is 5.86. The molecule has 2 heterocycles. The topological polar surface area (TPSA) is 135 Å². The number of aromatic nitrogens is 1. The predicted octanol–water partition coefficient (Wildman–Crippen LogP) is 4.09. The molecule has 5 rings (SSSR count). The summed E-state index contributed by atoms with van der Waals surface area (Å²) in [6, 6.07) is 12.3. The minimum atomic E-state index is -0.656. The van der Waals surface area contributed by atoms with Crippen LogP contribution in [0.1, 0.15) is 61.6 Å². The monoisotopic (exact) mass is 533 g/mol. The summed E-state index contributed by atoms with van der Waals surface area (Å²) in [5.41, 5.74) is 11.2. The number of benzene rings is 2. The first-order valence-electron chi connectivity index (χ1n) is 14.0. The Labute approximate surface area is 228 Å². The van der Waals surface area contributed by atoms with E-state index in [2.05, 4.69) is 68.2 Å². The van der Waals surface area contributed by atoms with Crippen LogP contribution in [0.25, 0.3) is 10.9 Å². The number of nitrogens with one attached hydrogen (secondary N) is 5. The fourth-order valence-corrected chi connectivity index (χ4v) is 5.78. The Balaban J connectivity index is 1.13. The number of H-pyrrole nitrogens is 1. The minimum Gasteiger partial charge on any atom is -0.490 e. The summed E-state index contributed by atoms with van der Waals surface area (Å²) >= 11 is 0. The van der Waals surface area contributed by atoms with Gasteiger partial charge >= 0.3 is 0 Å². The van der Waals surface area contributed by atoms with Crippen LogP contribution in [0, 0.1) is 0 Å². The lowest BCUT2D eigenvalue weighted by molar-refractivity contribution is -0.105. The number of carbonyl (C=O) groups excluding carboxylic acids is 1. The van der Waals surface area contributed by atoms with Crippen LogP contribution in [0.15, 0.2) is 52.9 Å². The summed E-state index contributed by atoms with van der Waals surface area (Å²) in [4.78, 5) is 14.6. The lowest BCUT2D eigenvalue weighted by atomic mass is 9.94. The van der Waals surface area contributed by atoms with Crippen LogP contribution in [-0.4, -0.2) is 48.0 Å². The van der Waals surface area contributed by atoms with Gasteiger partial charge in [-0.1, -0.05) is 42.3 Å². The van der Waals surface area contributed by atoms with Crippen LogP contribution in [0.3, 0.4) is 0 Å². The summed E-state index contributed by atoms with van der Waals surface area (Å²) < 4.78 is 6.10. The van der Waals surface area contributed by atoms with Gasteiger partial charge in [-0.3, -0.25) is 4.79 Å². The van der Waals surface area contributed by atoms with Crippen LogP contribution in [0.5, 0.6) is 5.75 Å². The number of fused-ring (bicyclic) bond motifs is 1. The van der Waals surface area contributed by atoms with Gasteiger partial charge in [-0.2, -0.15) is 5.43 Å². The highest BCUT2D eigenvalue weighted by Gasteiger charge is 2.24. The number of amides is 1. The Bertz CT molecular complexity index is 1270. The molecule has 39 heavy (non-hydrogen) atoms. The van der Waals surface area contributed by atoms with Gasteiger partial charge in [-0.15, -0.1) is 5.11 Å². The zero-order chi connectivity index (χ0) is 27.0. The Hall–Kier alpha value is -3.47. The van der Waals surface area contributed by atoms with Gasteiger partial charge in [-0.25, -0.2) is 5.53 Å². The number of para-hydroxylation sites is 1. The van der Waals surface area contributed by atoms with Crippen molar-refractivity contribution in [2.24, 2.45) is 10.3 Å². The summed E-state index contributed by atoms with van der Waals surface area (Å²) in [6.07, 6.45) is 9.29. The van der Waals surface area contributed by atoms with Crippen molar-refractivity contribution in [2.75, 3.05) is 18.5 Å². The first kappa shape index (κ1) is 27.1. The molecule has 6 N–H and O–H groups in total. The molecule has 1 aliphatic carbocycles. The third kappa shape index (κ3) is 6.76. The molecular weight excluding hydrogens is 494 g/mol. The number of hydrogen-bond acceptors (Lipinski definition) is 8. The van der Waals surface area contributed by atoms with E-state index in [1.54, 1.807) is 0 Å². The number of hydrazine groups is 1. The maximum Gasteiger partial charge on any atom is 0.211 e. The maximum atomic E-state index is 11.1. The molecular formula is C29H39N7O3. The van der Waals surface area contributed by atoms with E-state index >= 15 is 0 Å². The predicted molar refractivity (Wildman–Crippen MR) is 152 cm³/mol. The largest absolute Gasteiger partial charge is 0.490 e. The molecule has 3 atom stereocenters. The van der Waals surface area contributed by atoms with E-state index in [0.717, 1.165) is 49.1 Å². The van der Waals surface area contributed by atoms with E-state index in [-0.39, 0.29) is 18.8 Å². The van der Waals surface area contributed by atoms with Crippen molar-refractivity contribution in [2.45, 2.75) is 76.1 Å². The highest BCUT2D eigenvalue weighted by atomic mass is 16.5. The molecule has 0 spiro atoms. The Kier molecular flexibility index (Phi) is 9.08. The van der Waals surface area contributed by atoms with E-state index in [9.17, 15) is 9.90 Å². The Morgan fingerprint density at radius 2 is 2.03 bits per heavy atom. The molecule has 1 saturated carbocycles. The zero-order valence-corrected chi connectivity index (χ0v) is 22.5. The van der Waals surface area contributed by atoms with Gasteiger partial charge in [0, 0.05) is 40.9 Å². The average Bonchev–Trinajstić information content (AvgIpc) is 3.73. The number of rotatable bonds is 14. The Morgan fingerprint density at radius 3 is 2.82 bits per heavy atom. The second kappa shape index (κ2) is 13.1. The second-order valence-electron chi connectivity index (χ2n) is 10.6. The number of anilines is 1. The van der Waals surface area contributed by atoms with E-state index in [0.29, 0.717) is 18.9 Å². The number of aryl methyl sites for hydroxylation is 1. The first-order chi connectivity index (χ1) is 19.1. The lowest BCUT2D eigenvalue weighted by Crippen LogP contribution is -2.37. The number of hydrogen-bond donors (Lipinski definition) is 6. The zero-order valence-electron chi connectivity index (χ0n) is 22.5. The fourth-order valence-electron chi connectivity index (χ4n) is 5.78. The molecule has 10 nitrogen and oxygen atoms in total. The molecule has 10 heteroatoms. The summed E-state index contributed by atoms with van der Waals surface area (Å²) in [5, 5.41) is 26.1. The molecule has 0 radical (unpaired) electrons. The molecule has 1 fully saturated rings. The van der Waals surface area contributed by atoms with Crippen molar-refractivity contribution in [1.82, 2.24) is 21.3 Å². The molecule has 2 aromatic carbocycles. The van der Waals surface area contributed by atoms with Crippen LogP contribution in [-0.2, 0) is 17.6 Å². The van der Waals surface area contributed by atoms with Gasteiger partial charge < -0.3 is 25.5 Å². The smallest absolute Gasteiger partial charge is 0.211 e. The molecule has 3 aromatic rings. The van der Waals surface area contributed by atoms with Gasteiger partial charge in [-0.05, 0) is 68.2 Å². The summed E-state index contributed by atoms with van der Waals surface area (Å²) in [7, 11) is 0. The van der Waals surface area contributed by atoms with Crippen LogP contribution in [0.4, 0.5) is 5.69 Å². The van der Waals surface area contributed by atoms with Crippen molar-refractivity contribution >= 4 is 23.0 Å². The number of aromatic amines is 1.